The maximum absolute atomic E-state index is 12.4. The number of rotatable bonds is 1. The number of para-hydroxylation sites is 1. The Morgan fingerprint density at radius 2 is 1.85 bits per heavy atom. The molecule has 0 saturated heterocycles. The minimum atomic E-state index is -2.50. The number of alkyl halides is 2. The van der Waals surface area contributed by atoms with E-state index in [1.54, 1.807) is 12.1 Å². The molecule has 2 rings (SSSR count). The summed E-state index contributed by atoms with van der Waals surface area (Å²) in [6.07, 6.45) is 0.395. The first-order valence-corrected chi connectivity index (χ1v) is 3.77. The predicted octanol–water partition coefficient (Wildman–Crippen LogP) is 2.57. The van der Waals surface area contributed by atoms with Gasteiger partial charge in [0.15, 0.2) is 0 Å². The Morgan fingerprint density at radius 3 is 2.62 bits per heavy atom. The van der Waals surface area contributed by atoms with Crippen molar-refractivity contribution in [2.75, 3.05) is 0 Å². The number of nitrogens with zero attached hydrogens (tertiary/aromatic N) is 2. The normalized spacial score (nSPS) is 11.0. The van der Waals surface area contributed by atoms with Gasteiger partial charge >= 0.3 is 0 Å². The number of fused-ring (bicyclic) bond motifs is 1. The lowest BCUT2D eigenvalue weighted by atomic mass is 10.2. The molecule has 13 heavy (non-hydrogen) atoms. The zero-order chi connectivity index (χ0) is 9.26. The molecule has 0 saturated carbocycles. The first kappa shape index (κ1) is 8.04. The summed E-state index contributed by atoms with van der Waals surface area (Å²) < 4.78 is 24.9. The summed E-state index contributed by atoms with van der Waals surface area (Å²) in [5.41, 5.74) is 0.714. The fourth-order valence-corrected chi connectivity index (χ4v) is 1.19. The highest BCUT2D eigenvalue weighted by Crippen LogP contribution is 2.24. The van der Waals surface area contributed by atoms with E-state index in [0.717, 1.165) is 0 Å². The molecule has 4 heteroatoms. The number of aromatic nitrogens is 2. The van der Waals surface area contributed by atoms with Crippen LogP contribution in [0.4, 0.5) is 8.78 Å². The van der Waals surface area contributed by atoms with Crippen LogP contribution in [0.2, 0.25) is 0 Å². The van der Waals surface area contributed by atoms with Gasteiger partial charge in [0.05, 0.1) is 11.0 Å². The summed E-state index contributed by atoms with van der Waals surface area (Å²) in [5.74, 6) is 0. The lowest BCUT2D eigenvalue weighted by molar-refractivity contribution is 0.153. The van der Waals surface area contributed by atoms with Gasteiger partial charge in [-0.2, -0.15) is 0 Å². The monoisotopic (exact) mass is 180 g/mol. The molecule has 1 aromatic heterocycles. The lowest BCUT2D eigenvalue weighted by Gasteiger charge is -2.02. The molecule has 0 spiro atoms. The van der Waals surface area contributed by atoms with E-state index in [2.05, 4.69) is 9.97 Å². The molecule has 0 aliphatic carbocycles. The largest absolute Gasteiger partial charge is 0.266 e. The van der Waals surface area contributed by atoms with E-state index >= 15 is 0 Å². The van der Waals surface area contributed by atoms with Gasteiger partial charge in [0, 0.05) is 18.0 Å². The third-order valence-electron chi connectivity index (χ3n) is 1.76. The van der Waals surface area contributed by atoms with E-state index in [1.165, 1.54) is 18.5 Å². The molecule has 66 valence electrons. The third kappa shape index (κ3) is 1.35. The van der Waals surface area contributed by atoms with Crippen LogP contribution in [0.15, 0.2) is 30.6 Å². The lowest BCUT2D eigenvalue weighted by Crippen LogP contribution is -1.90. The van der Waals surface area contributed by atoms with Crippen LogP contribution < -0.4 is 0 Å². The molecule has 0 aliphatic rings. The average molecular weight is 180 g/mol. The quantitative estimate of drug-likeness (QED) is 0.674. The van der Waals surface area contributed by atoms with Gasteiger partial charge in [-0.05, 0) is 6.07 Å². The van der Waals surface area contributed by atoms with Crippen molar-refractivity contribution in [2.24, 2.45) is 0 Å². The van der Waals surface area contributed by atoms with Gasteiger partial charge in [-0.3, -0.25) is 9.97 Å². The maximum atomic E-state index is 12.4. The van der Waals surface area contributed by atoms with Crippen molar-refractivity contribution in [3.05, 3.63) is 36.2 Å². The first-order valence-electron chi connectivity index (χ1n) is 3.77. The van der Waals surface area contributed by atoms with Gasteiger partial charge in [-0.1, -0.05) is 12.1 Å². The standard InChI is InChI=1S/C9H6F2N2/c10-9(11)6-2-1-3-7-8(6)13-5-4-12-7/h1-5,9H. The summed E-state index contributed by atoms with van der Waals surface area (Å²) in [7, 11) is 0. The minimum absolute atomic E-state index is 0.0643. The first-order chi connectivity index (χ1) is 6.29. The van der Waals surface area contributed by atoms with E-state index < -0.39 is 6.43 Å². The predicted molar refractivity (Wildman–Crippen MR) is 44.5 cm³/mol. The fourth-order valence-electron chi connectivity index (χ4n) is 1.19. The van der Waals surface area contributed by atoms with Crippen molar-refractivity contribution in [1.82, 2.24) is 9.97 Å². The van der Waals surface area contributed by atoms with Crippen molar-refractivity contribution in [3.63, 3.8) is 0 Å². The molecule has 2 aromatic rings. The number of hydrogen-bond donors (Lipinski definition) is 0. The smallest absolute Gasteiger partial charge is 0.253 e. The molecule has 0 amide bonds. The van der Waals surface area contributed by atoms with Gasteiger partial charge in [0.1, 0.15) is 0 Å². The van der Waals surface area contributed by atoms with Crippen LogP contribution in [0.5, 0.6) is 0 Å². The van der Waals surface area contributed by atoms with Crippen LogP contribution in [0.3, 0.4) is 0 Å². The van der Waals surface area contributed by atoms with Gasteiger partial charge in [-0.25, -0.2) is 8.78 Å². The van der Waals surface area contributed by atoms with Crippen molar-refractivity contribution >= 4 is 11.0 Å². The van der Waals surface area contributed by atoms with E-state index in [4.69, 9.17) is 0 Å². The summed E-state index contributed by atoms with van der Waals surface area (Å²) in [5, 5.41) is 0. The summed E-state index contributed by atoms with van der Waals surface area (Å²) >= 11 is 0. The Balaban J connectivity index is 2.76. The van der Waals surface area contributed by atoms with Crippen LogP contribution >= 0.6 is 0 Å². The van der Waals surface area contributed by atoms with E-state index in [9.17, 15) is 8.78 Å². The Morgan fingerprint density at radius 1 is 1.08 bits per heavy atom. The highest BCUT2D eigenvalue weighted by molar-refractivity contribution is 5.77. The summed E-state index contributed by atoms with van der Waals surface area (Å²) in [4.78, 5) is 7.79. The van der Waals surface area contributed by atoms with Gasteiger partial charge in [0.2, 0.25) is 0 Å². The second kappa shape index (κ2) is 3.05. The number of hydrogen-bond acceptors (Lipinski definition) is 2. The zero-order valence-electron chi connectivity index (χ0n) is 6.61. The Kier molecular flexibility index (Phi) is 1.88. The molecule has 0 radical (unpaired) electrons. The molecule has 0 atom stereocenters. The van der Waals surface area contributed by atoms with Crippen LogP contribution in [-0.2, 0) is 0 Å². The molecule has 0 aliphatic heterocycles. The number of halogens is 2. The molecule has 0 unspecified atom stereocenters. The molecule has 2 nitrogen and oxygen atoms in total. The van der Waals surface area contributed by atoms with Gasteiger partial charge in [0.25, 0.3) is 6.43 Å². The number of benzene rings is 1. The van der Waals surface area contributed by atoms with Crippen LogP contribution in [0.1, 0.15) is 12.0 Å². The second-order valence-electron chi connectivity index (χ2n) is 2.57. The van der Waals surface area contributed by atoms with Gasteiger partial charge in [-0.15, -0.1) is 0 Å². The van der Waals surface area contributed by atoms with Crippen molar-refractivity contribution in [1.29, 1.82) is 0 Å². The highest BCUT2D eigenvalue weighted by atomic mass is 19.3. The Hall–Kier alpha value is -1.58. The van der Waals surface area contributed by atoms with Crippen LogP contribution in [0, 0.1) is 0 Å². The summed E-state index contributed by atoms with van der Waals surface area (Å²) in [6.45, 7) is 0. The molecule has 1 aromatic carbocycles. The average Bonchev–Trinajstić information content (AvgIpc) is 2.17. The van der Waals surface area contributed by atoms with E-state index in [-0.39, 0.29) is 11.1 Å². The van der Waals surface area contributed by atoms with Crippen molar-refractivity contribution in [3.8, 4) is 0 Å². The Labute approximate surface area is 73.2 Å². The molecular formula is C9H6F2N2. The zero-order valence-corrected chi connectivity index (χ0v) is 6.61. The van der Waals surface area contributed by atoms with E-state index in [1.807, 2.05) is 0 Å². The second-order valence-corrected chi connectivity index (χ2v) is 2.57. The fraction of sp³-hybridized carbons (Fsp3) is 0.111. The van der Waals surface area contributed by atoms with Crippen molar-refractivity contribution in [2.45, 2.75) is 6.43 Å². The maximum Gasteiger partial charge on any atom is 0.266 e. The van der Waals surface area contributed by atoms with Crippen LogP contribution in [0.25, 0.3) is 11.0 Å². The molecule has 0 bridgehead atoms. The topological polar surface area (TPSA) is 25.8 Å². The minimum Gasteiger partial charge on any atom is -0.253 e. The van der Waals surface area contributed by atoms with Crippen molar-refractivity contribution < 1.29 is 8.78 Å². The highest BCUT2D eigenvalue weighted by Gasteiger charge is 2.11. The molecule has 1 heterocycles. The molecule has 0 fully saturated rings. The molecule has 0 N–H and O–H groups in total. The van der Waals surface area contributed by atoms with Crippen LogP contribution in [-0.4, -0.2) is 9.97 Å². The SMILES string of the molecule is FC(F)c1cccc2nccnc12. The van der Waals surface area contributed by atoms with E-state index in [0.29, 0.717) is 5.52 Å². The molecular weight excluding hydrogens is 174 g/mol. The third-order valence-corrected chi connectivity index (χ3v) is 1.76. The Bertz CT molecular complexity index is 423. The van der Waals surface area contributed by atoms with Gasteiger partial charge < -0.3 is 0 Å². The summed E-state index contributed by atoms with van der Waals surface area (Å²) in [6, 6.07) is 4.58.